The van der Waals surface area contributed by atoms with Crippen LogP contribution in [0.4, 0.5) is 0 Å². The molecule has 1 aromatic rings. The minimum Gasteiger partial charge on any atom is -0.330 e. The predicted octanol–water partition coefficient (Wildman–Crippen LogP) is 2.11. The standard InChI is InChI=1S/C10H15NS/c1-8(7-11)6-9-4-2-3-5-10(9)12/h2-5,8,12H,6-7,11H2,1H3. The molecular formula is C10H15NS. The van der Waals surface area contributed by atoms with Gasteiger partial charge in [-0.15, -0.1) is 12.6 Å². The van der Waals surface area contributed by atoms with Crippen LogP contribution in [0.5, 0.6) is 0 Å². The number of rotatable bonds is 3. The molecule has 0 aromatic heterocycles. The molecule has 0 aliphatic carbocycles. The lowest BCUT2D eigenvalue weighted by atomic mass is 10.0. The molecule has 1 unspecified atom stereocenters. The number of nitrogens with two attached hydrogens (primary N) is 1. The van der Waals surface area contributed by atoms with Crippen molar-refractivity contribution in [3.8, 4) is 0 Å². The van der Waals surface area contributed by atoms with Crippen molar-refractivity contribution in [3.05, 3.63) is 29.8 Å². The normalized spacial score (nSPS) is 12.9. The van der Waals surface area contributed by atoms with Crippen LogP contribution in [0.1, 0.15) is 12.5 Å². The van der Waals surface area contributed by atoms with Gasteiger partial charge in [-0.2, -0.15) is 0 Å². The molecule has 1 nitrogen and oxygen atoms in total. The molecule has 0 saturated heterocycles. The summed E-state index contributed by atoms with van der Waals surface area (Å²) < 4.78 is 0. The van der Waals surface area contributed by atoms with Crippen LogP contribution >= 0.6 is 12.6 Å². The highest BCUT2D eigenvalue weighted by atomic mass is 32.1. The summed E-state index contributed by atoms with van der Waals surface area (Å²) in [5.41, 5.74) is 6.84. The Kier molecular flexibility index (Phi) is 3.63. The zero-order valence-electron chi connectivity index (χ0n) is 7.33. The summed E-state index contributed by atoms with van der Waals surface area (Å²) in [6, 6.07) is 8.16. The Morgan fingerprint density at radius 1 is 1.42 bits per heavy atom. The lowest BCUT2D eigenvalue weighted by Crippen LogP contribution is -2.13. The molecule has 2 N–H and O–H groups in total. The number of thiol groups is 1. The fourth-order valence-electron chi connectivity index (χ4n) is 1.14. The van der Waals surface area contributed by atoms with Gasteiger partial charge in [-0.05, 0) is 30.5 Å². The Morgan fingerprint density at radius 3 is 2.67 bits per heavy atom. The second-order valence-corrected chi connectivity index (χ2v) is 3.66. The molecule has 2 heteroatoms. The van der Waals surface area contributed by atoms with Crippen LogP contribution in [-0.4, -0.2) is 6.54 Å². The number of benzene rings is 1. The van der Waals surface area contributed by atoms with Crippen LogP contribution in [0.3, 0.4) is 0 Å². The highest BCUT2D eigenvalue weighted by molar-refractivity contribution is 7.80. The SMILES string of the molecule is CC(CN)Cc1ccccc1S. The van der Waals surface area contributed by atoms with Crippen LogP contribution < -0.4 is 5.73 Å². The Hall–Kier alpha value is -0.470. The molecule has 0 bridgehead atoms. The maximum Gasteiger partial charge on any atom is 0.00721 e. The van der Waals surface area contributed by atoms with Crippen LogP contribution in [-0.2, 0) is 6.42 Å². The van der Waals surface area contributed by atoms with Crippen molar-refractivity contribution in [2.24, 2.45) is 11.7 Å². The lowest BCUT2D eigenvalue weighted by molar-refractivity contribution is 0.588. The molecule has 0 aliphatic heterocycles. The van der Waals surface area contributed by atoms with Crippen molar-refractivity contribution < 1.29 is 0 Å². The zero-order valence-corrected chi connectivity index (χ0v) is 8.22. The molecule has 0 heterocycles. The maximum absolute atomic E-state index is 5.55. The molecule has 1 rings (SSSR count). The first-order valence-corrected chi connectivity index (χ1v) is 4.65. The summed E-state index contributed by atoms with van der Waals surface area (Å²) in [4.78, 5) is 1.07. The molecule has 0 spiro atoms. The van der Waals surface area contributed by atoms with Crippen molar-refractivity contribution in [1.29, 1.82) is 0 Å². The van der Waals surface area contributed by atoms with E-state index in [2.05, 4.69) is 25.6 Å². The van der Waals surface area contributed by atoms with Gasteiger partial charge in [-0.3, -0.25) is 0 Å². The Morgan fingerprint density at radius 2 is 2.08 bits per heavy atom. The molecule has 1 atom stereocenters. The minimum absolute atomic E-state index is 0.540. The van der Waals surface area contributed by atoms with Gasteiger partial charge in [0.05, 0.1) is 0 Å². The Labute approximate surface area is 79.4 Å². The second kappa shape index (κ2) is 4.53. The van der Waals surface area contributed by atoms with Crippen LogP contribution in [0.15, 0.2) is 29.2 Å². The summed E-state index contributed by atoms with van der Waals surface area (Å²) in [6.45, 7) is 2.89. The third-order valence-electron chi connectivity index (χ3n) is 1.96. The third-order valence-corrected chi connectivity index (χ3v) is 2.40. The highest BCUT2D eigenvalue weighted by Crippen LogP contribution is 2.16. The van der Waals surface area contributed by atoms with E-state index in [4.69, 9.17) is 5.73 Å². The van der Waals surface area contributed by atoms with E-state index in [1.54, 1.807) is 0 Å². The van der Waals surface area contributed by atoms with Gasteiger partial charge in [0.15, 0.2) is 0 Å². The topological polar surface area (TPSA) is 26.0 Å². The van der Waals surface area contributed by atoms with Crippen molar-refractivity contribution in [2.75, 3.05) is 6.54 Å². The first-order chi connectivity index (χ1) is 5.74. The van der Waals surface area contributed by atoms with Gasteiger partial charge < -0.3 is 5.73 Å². The summed E-state index contributed by atoms with van der Waals surface area (Å²) in [7, 11) is 0. The maximum atomic E-state index is 5.55. The average Bonchev–Trinajstić information content (AvgIpc) is 2.09. The first-order valence-electron chi connectivity index (χ1n) is 4.21. The molecule has 0 aliphatic rings. The Bertz CT molecular complexity index is 247. The summed E-state index contributed by atoms with van der Waals surface area (Å²) in [5, 5.41) is 0. The van der Waals surface area contributed by atoms with E-state index >= 15 is 0 Å². The van der Waals surface area contributed by atoms with E-state index in [9.17, 15) is 0 Å². The third kappa shape index (κ3) is 2.54. The Balaban J connectivity index is 2.69. The van der Waals surface area contributed by atoms with E-state index in [-0.39, 0.29) is 0 Å². The smallest absolute Gasteiger partial charge is 0.00721 e. The average molecular weight is 181 g/mol. The molecule has 0 saturated carbocycles. The highest BCUT2D eigenvalue weighted by Gasteiger charge is 2.02. The molecule has 12 heavy (non-hydrogen) atoms. The van der Waals surface area contributed by atoms with Gasteiger partial charge >= 0.3 is 0 Å². The summed E-state index contributed by atoms with van der Waals surface area (Å²) >= 11 is 4.37. The summed E-state index contributed by atoms with van der Waals surface area (Å²) in [6.07, 6.45) is 1.02. The molecular weight excluding hydrogens is 166 g/mol. The molecule has 1 aromatic carbocycles. The van der Waals surface area contributed by atoms with Crippen LogP contribution in [0, 0.1) is 5.92 Å². The molecule has 0 fully saturated rings. The van der Waals surface area contributed by atoms with Crippen molar-refractivity contribution in [2.45, 2.75) is 18.2 Å². The van der Waals surface area contributed by atoms with Crippen LogP contribution in [0.2, 0.25) is 0 Å². The van der Waals surface area contributed by atoms with Crippen molar-refractivity contribution >= 4 is 12.6 Å². The van der Waals surface area contributed by atoms with Crippen molar-refractivity contribution in [1.82, 2.24) is 0 Å². The predicted molar refractivity (Wildman–Crippen MR) is 55.6 cm³/mol. The van der Waals surface area contributed by atoms with Gasteiger partial charge in [0.25, 0.3) is 0 Å². The van der Waals surface area contributed by atoms with Gasteiger partial charge in [0.1, 0.15) is 0 Å². The van der Waals surface area contributed by atoms with Gasteiger partial charge in [0, 0.05) is 4.90 Å². The lowest BCUT2D eigenvalue weighted by Gasteiger charge is -2.09. The molecule has 0 radical (unpaired) electrons. The van der Waals surface area contributed by atoms with E-state index in [0.29, 0.717) is 5.92 Å². The van der Waals surface area contributed by atoms with Gasteiger partial charge in [-0.25, -0.2) is 0 Å². The van der Waals surface area contributed by atoms with E-state index < -0.39 is 0 Å². The zero-order chi connectivity index (χ0) is 8.97. The number of hydrogen-bond acceptors (Lipinski definition) is 2. The van der Waals surface area contributed by atoms with E-state index in [1.807, 2.05) is 18.2 Å². The van der Waals surface area contributed by atoms with Gasteiger partial charge in [0.2, 0.25) is 0 Å². The molecule has 0 amide bonds. The number of hydrogen-bond donors (Lipinski definition) is 2. The minimum atomic E-state index is 0.540. The van der Waals surface area contributed by atoms with Crippen LogP contribution in [0.25, 0.3) is 0 Å². The fraction of sp³-hybridized carbons (Fsp3) is 0.400. The van der Waals surface area contributed by atoms with Gasteiger partial charge in [-0.1, -0.05) is 25.1 Å². The second-order valence-electron chi connectivity index (χ2n) is 3.17. The summed E-state index contributed by atoms with van der Waals surface area (Å²) in [5.74, 6) is 0.540. The molecule has 66 valence electrons. The quantitative estimate of drug-likeness (QED) is 0.686. The monoisotopic (exact) mass is 181 g/mol. The van der Waals surface area contributed by atoms with E-state index in [1.165, 1.54) is 5.56 Å². The van der Waals surface area contributed by atoms with E-state index in [0.717, 1.165) is 17.9 Å². The fourth-order valence-corrected chi connectivity index (χ4v) is 1.39. The first kappa shape index (κ1) is 9.62. The largest absolute Gasteiger partial charge is 0.330 e. The van der Waals surface area contributed by atoms with Crippen molar-refractivity contribution in [3.63, 3.8) is 0 Å².